The molecule has 0 aromatic heterocycles. The number of methoxy groups -OCH3 is 1. The molecular formula is C7H13NO2. The van der Waals surface area contributed by atoms with Gasteiger partial charge in [-0.05, 0) is 12.8 Å². The maximum atomic E-state index is 11.3. The highest BCUT2D eigenvalue weighted by molar-refractivity contribution is 5.87. The largest absolute Gasteiger partial charge is 0.368 e. The Balaban J connectivity index is 2.56. The summed E-state index contributed by atoms with van der Waals surface area (Å²) in [6.07, 6.45) is 1.75. The van der Waals surface area contributed by atoms with E-state index in [2.05, 4.69) is 0 Å². The minimum Gasteiger partial charge on any atom is -0.368 e. The third-order valence-corrected chi connectivity index (χ3v) is 1.89. The summed E-state index contributed by atoms with van der Waals surface area (Å²) in [6, 6.07) is 0. The van der Waals surface area contributed by atoms with Crippen LogP contribution in [-0.4, -0.2) is 37.6 Å². The molecule has 0 radical (unpaired) electrons. The van der Waals surface area contributed by atoms with Gasteiger partial charge in [0, 0.05) is 21.2 Å². The van der Waals surface area contributed by atoms with Gasteiger partial charge in [0.2, 0.25) is 0 Å². The van der Waals surface area contributed by atoms with Gasteiger partial charge in [-0.15, -0.1) is 0 Å². The zero-order valence-electron chi connectivity index (χ0n) is 6.68. The number of carbonyl (C=O) groups excluding carboxylic acids is 1. The first-order valence-corrected chi connectivity index (χ1v) is 3.39. The Labute approximate surface area is 61.0 Å². The number of amides is 1. The molecule has 1 amide bonds. The van der Waals surface area contributed by atoms with E-state index in [1.54, 1.807) is 26.1 Å². The zero-order chi connectivity index (χ0) is 7.78. The fourth-order valence-electron chi connectivity index (χ4n) is 1.03. The number of ether oxygens (including phenoxy) is 1. The SMILES string of the molecule is COC1(C(=O)N(C)C)CC1. The van der Waals surface area contributed by atoms with E-state index in [-0.39, 0.29) is 5.91 Å². The van der Waals surface area contributed by atoms with Gasteiger partial charge in [0.05, 0.1) is 0 Å². The monoisotopic (exact) mass is 143 g/mol. The molecule has 0 bridgehead atoms. The predicted octanol–water partition coefficient (Wildman–Crippen LogP) is 0.254. The molecule has 0 aromatic carbocycles. The number of hydrogen-bond acceptors (Lipinski definition) is 2. The van der Waals surface area contributed by atoms with Crippen LogP contribution in [0, 0.1) is 0 Å². The van der Waals surface area contributed by atoms with Crippen LogP contribution in [0.5, 0.6) is 0 Å². The first-order chi connectivity index (χ1) is 4.62. The van der Waals surface area contributed by atoms with Crippen molar-refractivity contribution in [1.29, 1.82) is 0 Å². The quantitative estimate of drug-likeness (QED) is 0.554. The van der Waals surface area contributed by atoms with E-state index in [0.717, 1.165) is 12.8 Å². The van der Waals surface area contributed by atoms with Gasteiger partial charge in [-0.2, -0.15) is 0 Å². The van der Waals surface area contributed by atoms with Gasteiger partial charge in [0.25, 0.3) is 5.91 Å². The molecule has 10 heavy (non-hydrogen) atoms. The Bertz CT molecular complexity index is 150. The minimum atomic E-state index is -0.441. The molecular weight excluding hydrogens is 130 g/mol. The molecule has 0 unspecified atom stereocenters. The summed E-state index contributed by atoms with van der Waals surface area (Å²) in [5.74, 6) is 0.0926. The van der Waals surface area contributed by atoms with Gasteiger partial charge in [0.1, 0.15) is 5.60 Å². The van der Waals surface area contributed by atoms with Crippen LogP contribution in [0.4, 0.5) is 0 Å². The van der Waals surface area contributed by atoms with E-state index < -0.39 is 5.60 Å². The summed E-state index contributed by atoms with van der Waals surface area (Å²) in [6.45, 7) is 0. The van der Waals surface area contributed by atoms with Crippen molar-refractivity contribution >= 4 is 5.91 Å². The number of likely N-dealkylation sites (N-methyl/N-ethyl adjacent to an activating group) is 1. The maximum absolute atomic E-state index is 11.3. The highest BCUT2D eigenvalue weighted by Crippen LogP contribution is 2.39. The van der Waals surface area contributed by atoms with Crippen molar-refractivity contribution in [2.24, 2.45) is 0 Å². The highest BCUT2D eigenvalue weighted by atomic mass is 16.5. The molecule has 0 N–H and O–H groups in total. The van der Waals surface area contributed by atoms with Crippen LogP contribution in [0.3, 0.4) is 0 Å². The molecule has 58 valence electrons. The molecule has 3 heteroatoms. The van der Waals surface area contributed by atoms with Crippen molar-refractivity contribution in [2.75, 3.05) is 21.2 Å². The zero-order valence-corrected chi connectivity index (χ0v) is 6.68. The first-order valence-electron chi connectivity index (χ1n) is 3.39. The third kappa shape index (κ3) is 1.01. The van der Waals surface area contributed by atoms with Gasteiger partial charge in [-0.1, -0.05) is 0 Å². The lowest BCUT2D eigenvalue weighted by molar-refractivity contribution is -0.141. The molecule has 0 spiro atoms. The Morgan fingerprint density at radius 3 is 2.10 bits per heavy atom. The minimum absolute atomic E-state index is 0.0926. The second-order valence-corrected chi connectivity index (χ2v) is 2.90. The topological polar surface area (TPSA) is 29.5 Å². The molecule has 0 atom stereocenters. The Morgan fingerprint density at radius 2 is 2.00 bits per heavy atom. The normalized spacial score (nSPS) is 20.3. The number of rotatable bonds is 2. The molecule has 1 aliphatic rings. The van der Waals surface area contributed by atoms with Crippen molar-refractivity contribution in [2.45, 2.75) is 18.4 Å². The van der Waals surface area contributed by atoms with E-state index in [0.29, 0.717) is 0 Å². The van der Waals surface area contributed by atoms with Crippen LogP contribution in [0.25, 0.3) is 0 Å². The molecule has 0 heterocycles. The van der Waals surface area contributed by atoms with E-state index >= 15 is 0 Å². The van der Waals surface area contributed by atoms with Crippen LogP contribution in [0.1, 0.15) is 12.8 Å². The lowest BCUT2D eigenvalue weighted by Crippen LogP contribution is -2.36. The standard InChI is InChI=1S/C7H13NO2/c1-8(2)6(9)7(10-3)4-5-7/h4-5H2,1-3H3. The Hall–Kier alpha value is -0.570. The van der Waals surface area contributed by atoms with Gasteiger partial charge < -0.3 is 9.64 Å². The maximum Gasteiger partial charge on any atom is 0.254 e. The molecule has 0 aromatic rings. The van der Waals surface area contributed by atoms with Crippen molar-refractivity contribution in [3.63, 3.8) is 0 Å². The van der Waals surface area contributed by atoms with Crippen molar-refractivity contribution in [3.8, 4) is 0 Å². The second kappa shape index (κ2) is 2.23. The van der Waals surface area contributed by atoms with Gasteiger partial charge >= 0.3 is 0 Å². The van der Waals surface area contributed by atoms with E-state index in [9.17, 15) is 4.79 Å². The van der Waals surface area contributed by atoms with Crippen LogP contribution in [0.2, 0.25) is 0 Å². The molecule has 0 aliphatic heterocycles. The van der Waals surface area contributed by atoms with Gasteiger partial charge in [-0.25, -0.2) is 0 Å². The lowest BCUT2D eigenvalue weighted by atomic mass is 10.3. The van der Waals surface area contributed by atoms with Crippen LogP contribution < -0.4 is 0 Å². The summed E-state index contributed by atoms with van der Waals surface area (Å²) in [5.41, 5.74) is -0.441. The van der Waals surface area contributed by atoms with Crippen LogP contribution in [-0.2, 0) is 9.53 Å². The fraction of sp³-hybridized carbons (Fsp3) is 0.857. The van der Waals surface area contributed by atoms with E-state index in [1.165, 1.54) is 0 Å². The Morgan fingerprint density at radius 1 is 1.50 bits per heavy atom. The summed E-state index contributed by atoms with van der Waals surface area (Å²) < 4.78 is 5.08. The van der Waals surface area contributed by atoms with Crippen molar-refractivity contribution in [3.05, 3.63) is 0 Å². The summed E-state index contributed by atoms with van der Waals surface area (Å²) >= 11 is 0. The van der Waals surface area contributed by atoms with Crippen LogP contribution >= 0.6 is 0 Å². The highest BCUT2D eigenvalue weighted by Gasteiger charge is 2.51. The Kier molecular flexibility index (Phi) is 1.68. The smallest absolute Gasteiger partial charge is 0.254 e. The molecule has 1 aliphatic carbocycles. The van der Waals surface area contributed by atoms with Crippen LogP contribution in [0.15, 0.2) is 0 Å². The first kappa shape index (κ1) is 7.54. The summed E-state index contributed by atoms with van der Waals surface area (Å²) in [5, 5.41) is 0. The van der Waals surface area contributed by atoms with Crippen molar-refractivity contribution < 1.29 is 9.53 Å². The summed E-state index contributed by atoms with van der Waals surface area (Å²) in [4.78, 5) is 12.8. The average molecular weight is 143 g/mol. The molecule has 3 nitrogen and oxygen atoms in total. The number of nitrogens with zero attached hydrogens (tertiary/aromatic N) is 1. The summed E-state index contributed by atoms with van der Waals surface area (Å²) in [7, 11) is 5.09. The number of carbonyl (C=O) groups is 1. The molecule has 1 saturated carbocycles. The predicted molar refractivity (Wildman–Crippen MR) is 37.7 cm³/mol. The van der Waals surface area contributed by atoms with Gasteiger partial charge in [0.15, 0.2) is 0 Å². The third-order valence-electron chi connectivity index (χ3n) is 1.89. The molecule has 0 saturated heterocycles. The van der Waals surface area contributed by atoms with Crippen molar-refractivity contribution in [1.82, 2.24) is 4.90 Å². The molecule has 1 fully saturated rings. The molecule has 1 rings (SSSR count). The average Bonchev–Trinajstić information content (AvgIpc) is 2.66. The second-order valence-electron chi connectivity index (χ2n) is 2.90. The van der Waals surface area contributed by atoms with E-state index in [4.69, 9.17) is 4.74 Å². The number of hydrogen-bond donors (Lipinski definition) is 0. The fourth-order valence-corrected chi connectivity index (χ4v) is 1.03. The van der Waals surface area contributed by atoms with Gasteiger partial charge in [-0.3, -0.25) is 4.79 Å². The van der Waals surface area contributed by atoms with E-state index in [1.807, 2.05) is 0 Å². The lowest BCUT2D eigenvalue weighted by Gasteiger charge is -2.17.